The van der Waals surface area contributed by atoms with Crippen molar-refractivity contribution in [3.8, 4) is 0 Å². The van der Waals surface area contributed by atoms with E-state index in [-0.39, 0.29) is 11.9 Å². The van der Waals surface area contributed by atoms with Crippen LogP contribution in [0, 0.1) is 13.8 Å². The van der Waals surface area contributed by atoms with Crippen LogP contribution in [0.1, 0.15) is 35.5 Å². The van der Waals surface area contributed by atoms with E-state index in [1.807, 2.05) is 45.9 Å². The first-order valence-corrected chi connectivity index (χ1v) is 6.94. The number of hydrogen-bond acceptors (Lipinski definition) is 4. The summed E-state index contributed by atoms with van der Waals surface area (Å²) in [7, 11) is 0. The molecule has 21 heavy (non-hydrogen) atoms. The number of carbonyl (C=O) groups is 1. The minimum Gasteiger partial charge on any atom is -0.349 e. The number of carbonyl (C=O) groups excluding carboxylic acids is 1. The maximum atomic E-state index is 12.0. The molecule has 0 saturated carbocycles. The number of rotatable bonds is 4. The standard InChI is InChI=1S/C16H20N4O/c1-10(2)18-15(21)13-8-9-17-16(19-13)20-14-11(3)6-5-7-12(14)4/h5-10H,1-4H3,(H,18,21)(H,17,19,20). The molecule has 0 spiro atoms. The number of para-hydroxylation sites is 1. The highest BCUT2D eigenvalue weighted by molar-refractivity contribution is 5.92. The molecule has 5 heteroatoms. The quantitative estimate of drug-likeness (QED) is 0.905. The van der Waals surface area contributed by atoms with Crippen LogP contribution < -0.4 is 10.6 Å². The SMILES string of the molecule is Cc1cccc(C)c1Nc1nccc(C(=O)NC(C)C)n1. The third kappa shape index (κ3) is 3.78. The molecule has 2 rings (SSSR count). The number of amides is 1. The summed E-state index contributed by atoms with van der Waals surface area (Å²) in [6, 6.07) is 7.72. The highest BCUT2D eigenvalue weighted by atomic mass is 16.1. The lowest BCUT2D eigenvalue weighted by Crippen LogP contribution is -2.30. The largest absolute Gasteiger partial charge is 0.349 e. The van der Waals surface area contributed by atoms with Gasteiger partial charge in [-0.25, -0.2) is 9.97 Å². The Bertz CT molecular complexity index is 632. The van der Waals surface area contributed by atoms with E-state index in [1.165, 1.54) is 0 Å². The molecule has 0 atom stereocenters. The molecular weight excluding hydrogens is 264 g/mol. The van der Waals surface area contributed by atoms with Crippen LogP contribution in [0.15, 0.2) is 30.5 Å². The zero-order valence-electron chi connectivity index (χ0n) is 12.8. The monoisotopic (exact) mass is 284 g/mol. The third-order valence-corrected chi connectivity index (χ3v) is 3.03. The number of benzene rings is 1. The minimum absolute atomic E-state index is 0.0717. The highest BCUT2D eigenvalue weighted by Crippen LogP contribution is 2.22. The van der Waals surface area contributed by atoms with E-state index in [1.54, 1.807) is 12.3 Å². The first-order chi connectivity index (χ1) is 9.97. The Morgan fingerprint density at radius 1 is 1.14 bits per heavy atom. The Kier molecular flexibility index (Phi) is 4.52. The van der Waals surface area contributed by atoms with Gasteiger partial charge in [-0.15, -0.1) is 0 Å². The van der Waals surface area contributed by atoms with Crippen molar-refractivity contribution in [2.45, 2.75) is 33.7 Å². The zero-order valence-corrected chi connectivity index (χ0v) is 12.8. The Morgan fingerprint density at radius 3 is 2.43 bits per heavy atom. The molecule has 0 radical (unpaired) electrons. The highest BCUT2D eigenvalue weighted by Gasteiger charge is 2.11. The molecule has 0 aliphatic rings. The van der Waals surface area contributed by atoms with Crippen molar-refractivity contribution >= 4 is 17.5 Å². The molecule has 110 valence electrons. The fourth-order valence-corrected chi connectivity index (χ4v) is 2.00. The molecule has 0 fully saturated rings. The van der Waals surface area contributed by atoms with Crippen molar-refractivity contribution in [1.82, 2.24) is 15.3 Å². The lowest BCUT2D eigenvalue weighted by molar-refractivity contribution is 0.0938. The van der Waals surface area contributed by atoms with Crippen LogP contribution in [-0.4, -0.2) is 21.9 Å². The number of hydrogen-bond donors (Lipinski definition) is 2. The van der Waals surface area contributed by atoms with Gasteiger partial charge in [-0.1, -0.05) is 18.2 Å². The molecule has 2 aromatic rings. The predicted octanol–water partition coefficient (Wildman–Crippen LogP) is 2.98. The van der Waals surface area contributed by atoms with Crippen molar-refractivity contribution in [2.75, 3.05) is 5.32 Å². The van der Waals surface area contributed by atoms with Gasteiger partial charge in [-0.2, -0.15) is 0 Å². The van der Waals surface area contributed by atoms with Crippen molar-refractivity contribution in [3.63, 3.8) is 0 Å². The Balaban J connectivity index is 2.24. The second-order valence-electron chi connectivity index (χ2n) is 5.29. The van der Waals surface area contributed by atoms with Gasteiger partial charge in [0, 0.05) is 17.9 Å². The topological polar surface area (TPSA) is 66.9 Å². The van der Waals surface area contributed by atoms with E-state index in [4.69, 9.17) is 0 Å². The number of aromatic nitrogens is 2. The molecule has 0 aliphatic carbocycles. The average Bonchev–Trinajstić information content (AvgIpc) is 2.43. The molecule has 0 bridgehead atoms. The van der Waals surface area contributed by atoms with E-state index in [0.29, 0.717) is 11.6 Å². The summed E-state index contributed by atoms with van der Waals surface area (Å²) in [5.41, 5.74) is 3.54. The molecule has 2 N–H and O–H groups in total. The van der Waals surface area contributed by atoms with Crippen molar-refractivity contribution in [2.24, 2.45) is 0 Å². The molecule has 0 saturated heterocycles. The average molecular weight is 284 g/mol. The number of nitrogens with one attached hydrogen (secondary N) is 2. The second kappa shape index (κ2) is 6.35. The lowest BCUT2D eigenvalue weighted by atomic mass is 10.1. The van der Waals surface area contributed by atoms with Gasteiger partial charge in [-0.3, -0.25) is 4.79 Å². The number of nitrogens with zero attached hydrogens (tertiary/aromatic N) is 2. The maximum Gasteiger partial charge on any atom is 0.270 e. The van der Waals surface area contributed by atoms with E-state index in [2.05, 4.69) is 20.6 Å². The van der Waals surface area contributed by atoms with Gasteiger partial charge in [0.05, 0.1) is 0 Å². The fraction of sp³-hybridized carbons (Fsp3) is 0.312. The summed E-state index contributed by atoms with van der Waals surface area (Å²) in [6.07, 6.45) is 1.58. The van der Waals surface area contributed by atoms with Gasteiger partial charge in [0.25, 0.3) is 5.91 Å². The summed E-state index contributed by atoms with van der Waals surface area (Å²) in [4.78, 5) is 20.4. The van der Waals surface area contributed by atoms with E-state index >= 15 is 0 Å². The molecule has 5 nitrogen and oxygen atoms in total. The van der Waals surface area contributed by atoms with Crippen molar-refractivity contribution in [3.05, 3.63) is 47.3 Å². The smallest absolute Gasteiger partial charge is 0.270 e. The van der Waals surface area contributed by atoms with E-state index < -0.39 is 0 Å². The maximum absolute atomic E-state index is 12.0. The van der Waals surface area contributed by atoms with Gasteiger partial charge in [0.1, 0.15) is 5.69 Å². The van der Waals surface area contributed by atoms with Crippen LogP contribution in [0.5, 0.6) is 0 Å². The molecule has 1 heterocycles. The van der Waals surface area contributed by atoms with Gasteiger partial charge in [-0.05, 0) is 44.9 Å². The lowest BCUT2D eigenvalue weighted by Gasteiger charge is -2.12. The number of anilines is 2. The van der Waals surface area contributed by atoms with Crippen molar-refractivity contribution < 1.29 is 4.79 Å². The molecule has 1 aromatic heterocycles. The molecule has 0 unspecified atom stereocenters. The molecule has 0 aliphatic heterocycles. The van der Waals surface area contributed by atoms with Crippen LogP contribution in [0.25, 0.3) is 0 Å². The summed E-state index contributed by atoms with van der Waals surface area (Å²) < 4.78 is 0. The Labute approximate surface area is 124 Å². The molecule has 1 amide bonds. The molecular formula is C16H20N4O. The van der Waals surface area contributed by atoms with Crippen LogP contribution >= 0.6 is 0 Å². The number of aryl methyl sites for hydroxylation is 2. The second-order valence-corrected chi connectivity index (χ2v) is 5.29. The van der Waals surface area contributed by atoms with Crippen LogP contribution in [0.4, 0.5) is 11.6 Å². The fourth-order valence-electron chi connectivity index (χ4n) is 2.00. The Morgan fingerprint density at radius 2 is 1.81 bits per heavy atom. The van der Waals surface area contributed by atoms with Gasteiger partial charge in [0.15, 0.2) is 0 Å². The summed E-state index contributed by atoms with van der Waals surface area (Å²) >= 11 is 0. The van der Waals surface area contributed by atoms with Crippen LogP contribution in [0.2, 0.25) is 0 Å². The third-order valence-electron chi connectivity index (χ3n) is 3.03. The van der Waals surface area contributed by atoms with Gasteiger partial charge >= 0.3 is 0 Å². The summed E-state index contributed by atoms with van der Waals surface area (Å²) in [5, 5.41) is 6.00. The zero-order chi connectivity index (χ0) is 15.4. The first-order valence-electron chi connectivity index (χ1n) is 6.94. The summed E-state index contributed by atoms with van der Waals surface area (Å²) in [6.45, 7) is 7.86. The van der Waals surface area contributed by atoms with Gasteiger partial charge in [0.2, 0.25) is 5.95 Å². The molecule has 1 aromatic carbocycles. The minimum atomic E-state index is -0.197. The van der Waals surface area contributed by atoms with E-state index in [9.17, 15) is 4.79 Å². The summed E-state index contributed by atoms with van der Waals surface area (Å²) in [5.74, 6) is 0.223. The van der Waals surface area contributed by atoms with Crippen molar-refractivity contribution in [1.29, 1.82) is 0 Å². The van der Waals surface area contributed by atoms with Gasteiger partial charge < -0.3 is 10.6 Å². The van der Waals surface area contributed by atoms with E-state index in [0.717, 1.165) is 16.8 Å². The van der Waals surface area contributed by atoms with Crippen LogP contribution in [-0.2, 0) is 0 Å². The first kappa shape index (κ1) is 15.0. The van der Waals surface area contributed by atoms with Crippen LogP contribution in [0.3, 0.4) is 0 Å². The Hall–Kier alpha value is -2.43. The normalized spacial score (nSPS) is 10.5. The predicted molar refractivity (Wildman–Crippen MR) is 83.8 cm³/mol.